The third-order valence-corrected chi connectivity index (χ3v) is 4.70. The van der Waals surface area contributed by atoms with Gasteiger partial charge in [-0.3, -0.25) is 9.59 Å². The lowest BCUT2D eigenvalue weighted by molar-refractivity contribution is -0.127. The number of hydrogen-bond acceptors (Lipinski definition) is 5. The number of carbonyl (C=O) groups excluding carboxylic acids is 3. The Kier molecular flexibility index (Phi) is 4.25. The predicted octanol–water partition coefficient (Wildman–Crippen LogP) is 1.65. The highest BCUT2D eigenvalue weighted by Gasteiger charge is 2.41. The number of carbonyl (C=O) groups is 3. The zero-order valence-corrected chi connectivity index (χ0v) is 14.0. The van der Waals surface area contributed by atoms with Crippen LogP contribution in [0, 0.1) is 0 Å². The summed E-state index contributed by atoms with van der Waals surface area (Å²) in [4.78, 5) is 38.7. The molecule has 2 aliphatic heterocycles. The lowest BCUT2D eigenvalue weighted by Crippen LogP contribution is -2.42. The normalized spacial score (nSPS) is 20.9. The fourth-order valence-corrected chi connectivity index (χ4v) is 3.24. The van der Waals surface area contributed by atoms with Crippen molar-refractivity contribution in [3.63, 3.8) is 0 Å². The van der Waals surface area contributed by atoms with E-state index in [9.17, 15) is 14.4 Å². The molecule has 1 aromatic carbocycles. The van der Waals surface area contributed by atoms with E-state index in [2.05, 4.69) is 15.9 Å². The molecule has 3 rings (SSSR count). The van der Waals surface area contributed by atoms with Gasteiger partial charge in [0.15, 0.2) is 6.61 Å². The van der Waals surface area contributed by atoms with E-state index in [-0.39, 0.29) is 24.5 Å². The van der Waals surface area contributed by atoms with E-state index >= 15 is 0 Å². The maximum Gasteiger partial charge on any atom is 0.417 e. The summed E-state index contributed by atoms with van der Waals surface area (Å²) >= 11 is 3.37. The lowest BCUT2D eigenvalue weighted by atomic mass is 10.2. The second kappa shape index (κ2) is 6.19. The summed E-state index contributed by atoms with van der Waals surface area (Å²) in [6, 6.07) is 4.84. The van der Waals surface area contributed by atoms with E-state index in [4.69, 9.17) is 9.47 Å². The van der Waals surface area contributed by atoms with Gasteiger partial charge in [0.1, 0.15) is 5.75 Å². The fourth-order valence-electron chi connectivity index (χ4n) is 2.82. The number of likely N-dealkylation sites (tertiary alicyclic amines) is 1. The average molecular weight is 383 g/mol. The van der Waals surface area contributed by atoms with Gasteiger partial charge in [0.2, 0.25) is 0 Å². The number of ether oxygens (including phenoxy) is 2. The summed E-state index contributed by atoms with van der Waals surface area (Å²) < 4.78 is 10.5. The molecule has 2 fully saturated rings. The number of imide groups is 1. The SMILES string of the molecule is COc1ccc(Br)c(C(=O)N2CC[C@H](N3C(=O)COC3=O)C2)c1. The van der Waals surface area contributed by atoms with Gasteiger partial charge in [0.05, 0.1) is 18.7 Å². The second-order valence-electron chi connectivity index (χ2n) is 5.36. The molecule has 7 nitrogen and oxygen atoms in total. The Morgan fingerprint density at radius 1 is 1.39 bits per heavy atom. The molecule has 0 aliphatic carbocycles. The number of methoxy groups -OCH3 is 1. The molecule has 122 valence electrons. The molecule has 2 aliphatic rings. The Morgan fingerprint density at radius 3 is 2.83 bits per heavy atom. The number of rotatable bonds is 3. The maximum atomic E-state index is 12.7. The average Bonchev–Trinajstić information content (AvgIpc) is 3.14. The number of hydrogen-bond donors (Lipinski definition) is 0. The highest BCUT2D eigenvalue weighted by molar-refractivity contribution is 9.10. The van der Waals surface area contributed by atoms with Crippen molar-refractivity contribution in [2.75, 3.05) is 26.8 Å². The van der Waals surface area contributed by atoms with Gasteiger partial charge in [-0.15, -0.1) is 0 Å². The number of cyclic esters (lactones) is 1. The van der Waals surface area contributed by atoms with Gasteiger partial charge in [-0.05, 0) is 40.5 Å². The summed E-state index contributed by atoms with van der Waals surface area (Å²) in [5.74, 6) is 0.0701. The Balaban J connectivity index is 1.75. The molecule has 8 heteroatoms. The summed E-state index contributed by atoms with van der Waals surface area (Å²) in [6.45, 7) is 0.568. The first-order valence-corrected chi connectivity index (χ1v) is 7.92. The Hall–Kier alpha value is -2.09. The second-order valence-corrected chi connectivity index (χ2v) is 6.21. The smallest absolute Gasteiger partial charge is 0.417 e. The summed E-state index contributed by atoms with van der Waals surface area (Å²) in [5.41, 5.74) is 0.486. The van der Waals surface area contributed by atoms with Crippen molar-refractivity contribution >= 4 is 33.8 Å². The van der Waals surface area contributed by atoms with Crippen LogP contribution >= 0.6 is 15.9 Å². The van der Waals surface area contributed by atoms with Crippen LogP contribution in [0.2, 0.25) is 0 Å². The number of benzene rings is 1. The Bertz CT molecular complexity index is 662. The van der Waals surface area contributed by atoms with Crippen LogP contribution in [0.1, 0.15) is 16.8 Å². The van der Waals surface area contributed by atoms with E-state index in [1.165, 1.54) is 7.11 Å². The van der Waals surface area contributed by atoms with Crippen LogP contribution in [0.4, 0.5) is 4.79 Å². The van der Waals surface area contributed by atoms with Crippen LogP contribution in [0.15, 0.2) is 22.7 Å². The van der Waals surface area contributed by atoms with Crippen molar-refractivity contribution in [1.29, 1.82) is 0 Å². The van der Waals surface area contributed by atoms with Crippen LogP contribution < -0.4 is 4.74 Å². The van der Waals surface area contributed by atoms with Crippen LogP contribution in [-0.2, 0) is 9.53 Å². The minimum atomic E-state index is -0.628. The topological polar surface area (TPSA) is 76.2 Å². The molecule has 1 atom stereocenters. The van der Waals surface area contributed by atoms with Gasteiger partial charge in [0.25, 0.3) is 11.8 Å². The van der Waals surface area contributed by atoms with Crippen molar-refractivity contribution in [3.05, 3.63) is 28.2 Å². The fraction of sp³-hybridized carbons (Fsp3) is 0.400. The molecular formula is C15H15BrN2O5. The van der Waals surface area contributed by atoms with Crippen molar-refractivity contribution in [2.45, 2.75) is 12.5 Å². The van der Waals surface area contributed by atoms with Crippen LogP contribution in [-0.4, -0.2) is 60.6 Å². The molecule has 0 unspecified atom stereocenters. The summed E-state index contributed by atoms with van der Waals surface area (Å²) in [5, 5.41) is 0. The quantitative estimate of drug-likeness (QED) is 0.794. The summed E-state index contributed by atoms with van der Waals surface area (Å²) in [6.07, 6.45) is -0.0781. The molecule has 0 radical (unpaired) electrons. The molecule has 23 heavy (non-hydrogen) atoms. The van der Waals surface area contributed by atoms with Gasteiger partial charge in [0, 0.05) is 17.6 Å². The van der Waals surface area contributed by atoms with Crippen LogP contribution in [0.5, 0.6) is 5.75 Å². The molecule has 2 saturated heterocycles. The van der Waals surface area contributed by atoms with Crippen molar-refractivity contribution in [3.8, 4) is 5.75 Å². The van der Waals surface area contributed by atoms with Gasteiger partial charge >= 0.3 is 6.09 Å². The van der Waals surface area contributed by atoms with E-state index in [0.717, 1.165) is 4.90 Å². The largest absolute Gasteiger partial charge is 0.497 e. The van der Waals surface area contributed by atoms with Crippen LogP contribution in [0.3, 0.4) is 0 Å². The van der Waals surface area contributed by atoms with E-state index in [0.29, 0.717) is 35.3 Å². The zero-order chi connectivity index (χ0) is 16.6. The van der Waals surface area contributed by atoms with Gasteiger partial charge in [-0.25, -0.2) is 9.69 Å². The maximum absolute atomic E-state index is 12.7. The van der Waals surface area contributed by atoms with Gasteiger partial charge in [-0.2, -0.15) is 0 Å². The first-order valence-electron chi connectivity index (χ1n) is 7.13. The van der Waals surface area contributed by atoms with Crippen molar-refractivity contribution in [1.82, 2.24) is 9.80 Å². The molecule has 2 heterocycles. The number of halogens is 1. The monoisotopic (exact) mass is 382 g/mol. The number of nitrogens with zero attached hydrogens (tertiary/aromatic N) is 2. The molecule has 0 N–H and O–H groups in total. The highest BCUT2D eigenvalue weighted by atomic mass is 79.9. The van der Waals surface area contributed by atoms with E-state index < -0.39 is 6.09 Å². The Labute approximate surface area is 141 Å². The van der Waals surface area contributed by atoms with Gasteiger partial charge < -0.3 is 14.4 Å². The van der Waals surface area contributed by atoms with Crippen molar-refractivity contribution < 1.29 is 23.9 Å². The molecular weight excluding hydrogens is 368 g/mol. The molecule has 3 amide bonds. The first-order chi connectivity index (χ1) is 11.0. The van der Waals surface area contributed by atoms with E-state index in [1.807, 2.05) is 0 Å². The standard InChI is InChI=1S/C15H15BrN2O5/c1-22-10-2-3-12(16)11(6-10)14(20)17-5-4-9(7-17)18-13(19)8-23-15(18)21/h2-3,6,9H,4-5,7-8H2,1H3/t9-/m0/s1. The molecule has 1 aromatic rings. The van der Waals surface area contributed by atoms with Gasteiger partial charge in [-0.1, -0.05) is 0 Å². The highest BCUT2D eigenvalue weighted by Crippen LogP contribution is 2.27. The van der Waals surface area contributed by atoms with Crippen LogP contribution in [0.25, 0.3) is 0 Å². The minimum absolute atomic E-state index is 0.168. The predicted molar refractivity (Wildman–Crippen MR) is 83.2 cm³/mol. The van der Waals surface area contributed by atoms with E-state index in [1.54, 1.807) is 23.1 Å². The molecule has 0 spiro atoms. The summed E-state index contributed by atoms with van der Waals surface area (Å²) in [7, 11) is 1.54. The molecule has 0 aromatic heterocycles. The number of amides is 3. The molecule has 0 saturated carbocycles. The molecule has 0 bridgehead atoms. The minimum Gasteiger partial charge on any atom is -0.497 e. The third-order valence-electron chi connectivity index (χ3n) is 4.00. The van der Waals surface area contributed by atoms with Crippen molar-refractivity contribution in [2.24, 2.45) is 0 Å². The third kappa shape index (κ3) is 2.90. The lowest BCUT2D eigenvalue weighted by Gasteiger charge is -2.21. The zero-order valence-electron chi connectivity index (χ0n) is 12.5. The first kappa shape index (κ1) is 15.8. The Morgan fingerprint density at radius 2 is 2.17 bits per heavy atom.